The zero-order valence-electron chi connectivity index (χ0n) is 9.69. The fraction of sp³-hybridized carbons (Fsp3) is 0.667. The van der Waals surface area contributed by atoms with E-state index >= 15 is 0 Å². The SMILES string of the molecule is COC(=O)CNC(=O)NCC(CC(=O)O)OC. The predicted octanol–water partition coefficient (Wildman–Crippen LogP) is -1.05. The normalized spacial score (nSPS) is 11.4. The number of aliphatic carboxylic acids is 1. The molecule has 0 fully saturated rings. The highest BCUT2D eigenvalue weighted by atomic mass is 16.5. The molecule has 0 saturated heterocycles. The Bertz CT molecular complexity index is 281. The van der Waals surface area contributed by atoms with E-state index in [1.165, 1.54) is 14.2 Å². The Morgan fingerprint density at radius 2 is 1.88 bits per heavy atom. The summed E-state index contributed by atoms with van der Waals surface area (Å²) in [4.78, 5) is 32.2. The predicted molar refractivity (Wildman–Crippen MR) is 56.5 cm³/mol. The van der Waals surface area contributed by atoms with Crippen molar-refractivity contribution in [1.29, 1.82) is 0 Å². The van der Waals surface area contributed by atoms with Crippen LogP contribution in [0.4, 0.5) is 4.79 Å². The maximum atomic E-state index is 11.1. The zero-order valence-corrected chi connectivity index (χ0v) is 9.69. The molecule has 0 aromatic carbocycles. The Kier molecular flexibility index (Phi) is 7.44. The van der Waals surface area contributed by atoms with Crippen LogP contribution in [-0.2, 0) is 19.1 Å². The molecule has 1 unspecified atom stereocenters. The average Bonchev–Trinajstić information content (AvgIpc) is 2.30. The van der Waals surface area contributed by atoms with Crippen molar-refractivity contribution in [2.45, 2.75) is 12.5 Å². The minimum Gasteiger partial charge on any atom is -0.481 e. The summed E-state index contributed by atoms with van der Waals surface area (Å²) in [5.41, 5.74) is 0. The second-order valence-electron chi connectivity index (χ2n) is 3.10. The second kappa shape index (κ2) is 8.34. The van der Waals surface area contributed by atoms with Crippen LogP contribution in [0.5, 0.6) is 0 Å². The molecule has 1 atom stereocenters. The molecule has 0 heterocycles. The monoisotopic (exact) mass is 248 g/mol. The first-order valence-electron chi connectivity index (χ1n) is 4.82. The number of carbonyl (C=O) groups excluding carboxylic acids is 2. The van der Waals surface area contributed by atoms with Crippen molar-refractivity contribution in [3.63, 3.8) is 0 Å². The summed E-state index contributed by atoms with van der Waals surface area (Å²) in [5, 5.41) is 13.1. The molecule has 0 aromatic heterocycles. The molecule has 0 saturated carbocycles. The molecular weight excluding hydrogens is 232 g/mol. The lowest BCUT2D eigenvalue weighted by Gasteiger charge is -2.14. The minimum atomic E-state index is -1.02. The molecular formula is C9H16N2O6. The fourth-order valence-corrected chi connectivity index (χ4v) is 0.927. The lowest BCUT2D eigenvalue weighted by atomic mass is 10.2. The first-order valence-corrected chi connectivity index (χ1v) is 4.82. The Morgan fingerprint density at radius 3 is 2.35 bits per heavy atom. The maximum Gasteiger partial charge on any atom is 0.325 e. The number of hydrogen-bond donors (Lipinski definition) is 3. The highest BCUT2D eigenvalue weighted by Crippen LogP contribution is 1.94. The molecule has 17 heavy (non-hydrogen) atoms. The van der Waals surface area contributed by atoms with E-state index in [2.05, 4.69) is 15.4 Å². The number of urea groups is 1. The van der Waals surface area contributed by atoms with Gasteiger partial charge in [-0.2, -0.15) is 0 Å². The molecule has 0 aromatic rings. The van der Waals surface area contributed by atoms with Gasteiger partial charge in [0.05, 0.1) is 19.6 Å². The second-order valence-corrected chi connectivity index (χ2v) is 3.10. The molecule has 0 radical (unpaired) electrons. The van der Waals surface area contributed by atoms with Gasteiger partial charge in [0, 0.05) is 13.7 Å². The molecule has 3 N–H and O–H groups in total. The van der Waals surface area contributed by atoms with E-state index in [9.17, 15) is 14.4 Å². The number of carboxylic acids is 1. The van der Waals surface area contributed by atoms with Crippen LogP contribution in [0.25, 0.3) is 0 Å². The van der Waals surface area contributed by atoms with Crippen molar-refractivity contribution in [3.8, 4) is 0 Å². The Labute approximate surface area is 98.3 Å². The lowest BCUT2D eigenvalue weighted by Crippen LogP contribution is -2.42. The van der Waals surface area contributed by atoms with Gasteiger partial charge in [-0.15, -0.1) is 0 Å². The van der Waals surface area contributed by atoms with Crippen molar-refractivity contribution in [1.82, 2.24) is 10.6 Å². The van der Waals surface area contributed by atoms with E-state index in [0.29, 0.717) is 0 Å². The quantitative estimate of drug-likeness (QED) is 0.495. The number of carbonyl (C=O) groups is 3. The molecule has 0 aliphatic heterocycles. The van der Waals surface area contributed by atoms with Crippen molar-refractivity contribution < 1.29 is 29.0 Å². The molecule has 0 rings (SSSR count). The van der Waals surface area contributed by atoms with E-state index in [1.807, 2.05) is 0 Å². The van der Waals surface area contributed by atoms with Gasteiger partial charge in [0.15, 0.2) is 0 Å². The third-order valence-electron chi connectivity index (χ3n) is 1.85. The average molecular weight is 248 g/mol. The number of methoxy groups -OCH3 is 2. The molecule has 2 amide bonds. The van der Waals surface area contributed by atoms with Crippen LogP contribution in [0.15, 0.2) is 0 Å². The molecule has 0 spiro atoms. The van der Waals surface area contributed by atoms with Gasteiger partial charge < -0.3 is 25.2 Å². The van der Waals surface area contributed by atoms with Crippen LogP contribution in [0.3, 0.4) is 0 Å². The van der Waals surface area contributed by atoms with E-state index in [4.69, 9.17) is 9.84 Å². The number of nitrogens with one attached hydrogen (secondary N) is 2. The van der Waals surface area contributed by atoms with Gasteiger partial charge in [-0.05, 0) is 0 Å². The van der Waals surface area contributed by atoms with Crippen molar-refractivity contribution in [2.75, 3.05) is 27.3 Å². The Morgan fingerprint density at radius 1 is 1.24 bits per heavy atom. The van der Waals surface area contributed by atoms with Crippen molar-refractivity contribution >= 4 is 18.0 Å². The summed E-state index contributed by atoms with van der Waals surface area (Å²) in [6, 6.07) is -0.595. The van der Waals surface area contributed by atoms with Gasteiger partial charge in [0.25, 0.3) is 0 Å². The van der Waals surface area contributed by atoms with Crippen LogP contribution in [0, 0.1) is 0 Å². The van der Waals surface area contributed by atoms with Gasteiger partial charge >= 0.3 is 18.0 Å². The number of esters is 1. The fourth-order valence-electron chi connectivity index (χ4n) is 0.927. The minimum absolute atomic E-state index is 0.0375. The summed E-state index contributed by atoms with van der Waals surface area (Å²) in [6.07, 6.45) is -0.829. The molecule has 8 heteroatoms. The third-order valence-corrected chi connectivity index (χ3v) is 1.85. The summed E-state index contributed by atoms with van der Waals surface area (Å²) < 4.78 is 9.16. The van der Waals surface area contributed by atoms with E-state index < -0.39 is 24.1 Å². The van der Waals surface area contributed by atoms with Gasteiger partial charge in [-0.3, -0.25) is 9.59 Å². The van der Waals surface area contributed by atoms with Crippen LogP contribution in [0.2, 0.25) is 0 Å². The van der Waals surface area contributed by atoms with E-state index in [1.54, 1.807) is 0 Å². The molecule has 0 bridgehead atoms. The largest absolute Gasteiger partial charge is 0.481 e. The Hall–Kier alpha value is -1.83. The molecule has 98 valence electrons. The van der Waals surface area contributed by atoms with Crippen molar-refractivity contribution in [3.05, 3.63) is 0 Å². The number of hydrogen-bond acceptors (Lipinski definition) is 5. The summed E-state index contributed by atoms with van der Waals surface area (Å²) >= 11 is 0. The lowest BCUT2D eigenvalue weighted by molar-refractivity contribution is -0.140. The first kappa shape index (κ1) is 15.2. The number of carboxylic acid groups (broad SMARTS) is 1. The summed E-state index contributed by atoms with van der Waals surface area (Å²) in [6.45, 7) is -0.214. The maximum absolute atomic E-state index is 11.1. The number of rotatable bonds is 7. The van der Waals surface area contributed by atoms with Crippen molar-refractivity contribution in [2.24, 2.45) is 0 Å². The standard InChI is InChI=1S/C9H16N2O6/c1-16-6(3-7(12)13)4-10-9(15)11-5-8(14)17-2/h6H,3-5H2,1-2H3,(H,12,13)(H2,10,11,15). The van der Waals surface area contributed by atoms with Crippen LogP contribution in [0.1, 0.15) is 6.42 Å². The Balaban J connectivity index is 3.80. The van der Waals surface area contributed by atoms with E-state index in [0.717, 1.165) is 0 Å². The topological polar surface area (TPSA) is 114 Å². The van der Waals surface area contributed by atoms with Gasteiger partial charge in [0.1, 0.15) is 6.54 Å². The first-order chi connectivity index (χ1) is 7.99. The molecule has 0 aliphatic rings. The summed E-state index contributed by atoms with van der Waals surface area (Å²) in [5.74, 6) is -1.59. The number of amides is 2. The smallest absolute Gasteiger partial charge is 0.325 e. The van der Waals surface area contributed by atoms with Crippen LogP contribution < -0.4 is 10.6 Å². The summed E-state index contributed by atoms with van der Waals surface area (Å²) in [7, 11) is 2.55. The third kappa shape index (κ3) is 8.03. The highest BCUT2D eigenvalue weighted by molar-refractivity contribution is 5.80. The van der Waals surface area contributed by atoms with Gasteiger partial charge in [0.2, 0.25) is 0 Å². The van der Waals surface area contributed by atoms with Crippen LogP contribution in [-0.4, -0.2) is 56.5 Å². The molecule has 0 aliphatic carbocycles. The highest BCUT2D eigenvalue weighted by Gasteiger charge is 2.13. The van der Waals surface area contributed by atoms with Gasteiger partial charge in [-0.25, -0.2) is 4.79 Å². The number of ether oxygens (including phenoxy) is 2. The van der Waals surface area contributed by atoms with E-state index in [-0.39, 0.29) is 19.5 Å². The zero-order chi connectivity index (χ0) is 13.3. The van der Waals surface area contributed by atoms with Crippen LogP contribution >= 0.6 is 0 Å². The van der Waals surface area contributed by atoms with Gasteiger partial charge in [-0.1, -0.05) is 0 Å². The molecule has 8 nitrogen and oxygen atoms in total.